The van der Waals surface area contributed by atoms with E-state index in [1.165, 1.54) is 18.0 Å². The predicted octanol–water partition coefficient (Wildman–Crippen LogP) is 3.84. The number of H-pyrrole nitrogens is 1. The fourth-order valence-electron chi connectivity index (χ4n) is 3.04. The first-order valence-corrected chi connectivity index (χ1v) is 10.4. The summed E-state index contributed by atoms with van der Waals surface area (Å²) in [6, 6.07) is 15.4. The maximum absolute atomic E-state index is 12.7. The number of hydrogen-bond acceptors (Lipinski definition) is 5. The standard InChI is InChI=1S/C22H21N5O2S/c1-13-9-10-14(2)18(11-13)24-20(28)15(3)30-22-25-19-17(21(29)26-22)12-23-27(19)16-7-5-4-6-8-16/h4-12,15H,1-3H3,(H,24,28)(H,25,26,29)/t15-/m0/s1. The Balaban J connectivity index is 1.59. The molecule has 1 amide bonds. The summed E-state index contributed by atoms with van der Waals surface area (Å²) in [6.45, 7) is 5.71. The van der Waals surface area contributed by atoms with E-state index >= 15 is 0 Å². The molecule has 152 valence electrons. The minimum absolute atomic E-state index is 0.159. The van der Waals surface area contributed by atoms with Crippen molar-refractivity contribution in [3.05, 3.63) is 76.2 Å². The molecule has 8 heteroatoms. The van der Waals surface area contributed by atoms with E-state index in [0.29, 0.717) is 16.2 Å². The van der Waals surface area contributed by atoms with Crippen molar-refractivity contribution in [3.63, 3.8) is 0 Å². The summed E-state index contributed by atoms with van der Waals surface area (Å²) in [5.74, 6) is -0.159. The third kappa shape index (κ3) is 3.99. The molecule has 4 aromatic rings. The number of rotatable bonds is 5. The van der Waals surface area contributed by atoms with Crippen LogP contribution in [0.4, 0.5) is 5.69 Å². The molecule has 2 heterocycles. The number of nitrogens with zero attached hydrogens (tertiary/aromatic N) is 3. The van der Waals surface area contributed by atoms with Crippen LogP contribution in [0.2, 0.25) is 0 Å². The SMILES string of the molecule is Cc1ccc(C)c(NC(=O)[C@H](C)Sc2nc3c(cnn3-c3ccccc3)c(=O)[nH]2)c1. The number of nitrogens with one attached hydrogen (secondary N) is 2. The molecule has 2 aromatic carbocycles. The molecule has 0 radical (unpaired) electrons. The van der Waals surface area contributed by atoms with E-state index in [0.717, 1.165) is 22.5 Å². The molecule has 1 atom stereocenters. The molecule has 0 saturated carbocycles. The van der Waals surface area contributed by atoms with Crippen LogP contribution in [0.3, 0.4) is 0 Å². The monoisotopic (exact) mass is 419 g/mol. The molecule has 0 unspecified atom stereocenters. The Morgan fingerprint density at radius 1 is 1.17 bits per heavy atom. The zero-order chi connectivity index (χ0) is 21.3. The number of aromatic nitrogens is 4. The third-order valence-electron chi connectivity index (χ3n) is 4.73. The summed E-state index contributed by atoms with van der Waals surface area (Å²) in [4.78, 5) is 32.5. The zero-order valence-electron chi connectivity index (χ0n) is 16.8. The summed E-state index contributed by atoms with van der Waals surface area (Å²) in [5, 5.41) is 7.57. The molecule has 0 saturated heterocycles. The van der Waals surface area contributed by atoms with E-state index < -0.39 is 5.25 Å². The van der Waals surface area contributed by atoms with Crippen molar-refractivity contribution in [3.8, 4) is 5.69 Å². The van der Waals surface area contributed by atoms with Crippen LogP contribution in [0, 0.1) is 13.8 Å². The van der Waals surface area contributed by atoms with Crippen LogP contribution in [-0.4, -0.2) is 30.9 Å². The smallest absolute Gasteiger partial charge is 0.262 e. The van der Waals surface area contributed by atoms with Gasteiger partial charge in [0.1, 0.15) is 5.39 Å². The van der Waals surface area contributed by atoms with E-state index in [1.807, 2.05) is 62.4 Å². The van der Waals surface area contributed by atoms with Crippen molar-refractivity contribution in [1.82, 2.24) is 19.7 Å². The molecule has 0 fully saturated rings. The van der Waals surface area contributed by atoms with Gasteiger partial charge in [-0.15, -0.1) is 0 Å². The molecule has 0 bridgehead atoms. The minimum atomic E-state index is -0.460. The van der Waals surface area contributed by atoms with E-state index in [-0.39, 0.29) is 11.5 Å². The summed E-state index contributed by atoms with van der Waals surface area (Å²) in [6.07, 6.45) is 1.50. The highest BCUT2D eigenvalue weighted by atomic mass is 32.2. The first-order chi connectivity index (χ1) is 14.4. The van der Waals surface area contributed by atoms with E-state index in [4.69, 9.17) is 0 Å². The summed E-state index contributed by atoms with van der Waals surface area (Å²) in [5.41, 5.74) is 3.82. The summed E-state index contributed by atoms with van der Waals surface area (Å²) in [7, 11) is 0. The number of hydrogen-bond donors (Lipinski definition) is 2. The summed E-state index contributed by atoms with van der Waals surface area (Å²) < 4.78 is 1.62. The van der Waals surface area contributed by atoms with Crippen LogP contribution in [0.1, 0.15) is 18.1 Å². The van der Waals surface area contributed by atoms with Crippen LogP contribution >= 0.6 is 11.8 Å². The molecule has 2 N–H and O–H groups in total. The van der Waals surface area contributed by atoms with Crippen molar-refractivity contribution in [2.75, 3.05) is 5.32 Å². The van der Waals surface area contributed by atoms with Gasteiger partial charge >= 0.3 is 0 Å². The second kappa shape index (κ2) is 8.16. The first kappa shape index (κ1) is 19.9. The highest BCUT2D eigenvalue weighted by molar-refractivity contribution is 8.00. The number of thioether (sulfide) groups is 1. The lowest BCUT2D eigenvalue weighted by atomic mass is 10.1. The first-order valence-electron chi connectivity index (χ1n) is 9.50. The molecular weight excluding hydrogens is 398 g/mol. The van der Waals surface area contributed by atoms with Gasteiger partial charge in [0, 0.05) is 5.69 Å². The minimum Gasteiger partial charge on any atom is -0.325 e. The molecule has 0 aliphatic carbocycles. The fourth-order valence-corrected chi connectivity index (χ4v) is 3.83. The van der Waals surface area contributed by atoms with Crippen molar-refractivity contribution in [2.24, 2.45) is 0 Å². The lowest BCUT2D eigenvalue weighted by Gasteiger charge is -2.13. The Labute approximate surface area is 177 Å². The van der Waals surface area contributed by atoms with E-state index in [1.54, 1.807) is 11.6 Å². The zero-order valence-corrected chi connectivity index (χ0v) is 17.7. The van der Waals surface area contributed by atoms with Crippen LogP contribution in [-0.2, 0) is 4.79 Å². The Hall–Kier alpha value is -3.39. The second-order valence-electron chi connectivity index (χ2n) is 7.07. The number of amides is 1. The second-order valence-corrected chi connectivity index (χ2v) is 8.40. The van der Waals surface area contributed by atoms with Crippen molar-refractivity contribution < 1.29 is 4.79 Å². The highest BCUT2D eigenvalue weighted by Crippen LogP contribution is 2.23. The summed E-state index contributed by atoms with van der Waals surface area (Å²) >= 11 is 1.20. The molecule has 2 aromatic heterocycles. The van der Waals surface area contributed by atoms with Crippen LogP contribution in [0.25, 0.3) is 16.7 Å². The quantitative estimate of drug-likeness (QED) is 0.379. The van der Waals surface area contributed by atoms with Gasteiger partial charge in [-0.1, -0.05) is 42.1 Å². The number of aromatic amines is 1. The third-order valence-corrected chi connectivity index (χ3v) is 5.71. The maximum Gasteiger partial charge on any atom is 0.262 e. The van der Waals surface area contributed by atoms with Gasteiger partial charge in [0.15, 0.2) is 10.8 Å². The van der Waals surface area contributed by atoms with Gasteiger partial charge in [0.2, 0.25) is 5.91 Å². The number of anilines is 1. The molecule has 0 aliphatic rings. The number of carbonyl (C=O) groups is 1. The normalized spacial score (nSPS) is 12.1. The Morgan fingerprint density at radius 2 is 1.93 bits per heavy atom. The number of carbonyl (C=O) groups excluding carboxylic acids is 1. The Kier molecular flexibility index (Phi) is 5.41. The number of para-hydroxylation sites is 1. The van der Waals surface area contributed by atoms with Gasteiger partial charge in [-0.3, -0.25) is 9.59 Å². The molecule has 0 spiro atoms. The van der Waals surface area contributed by atoms with Crippen molar-refractivity contribution >= 4 is 34.4 Å². The van der Waals surface area contributed by atoms with Gasteiger partial charge in [-0.25, -0.2) is 9.67 Å². The van der Waals surface area contributed by atoms with Crippen LogP contribution in [0.5, 0.6) is 0 Å². The van der Waals surface area contributed by atoms with Crippen molar-refractivity contribution in [1.29, 1.82) is 0 Å². The molecular formula is C22H21N5O2S. The van der Waals surface area contributed by atoms with Gasteiger partial charge in [-0.05, 0) is 50.1 Å². The van der Waals surface area contributed by atoms with Crippen molar-refractivity contribution in [2.45, 2.75) is 31.2 Å². The van der Waals surface area contributed by atoms with E-state index in [2.05, 4.69) is 20.4 Å². The van der Waals surface area contributed by atoms with Gasteiger partial charge in [0.25, 0.3) is 5.56 Å². The largest absolute Gasteiger partial charge is 0.325 e. The number of fused-ring (bicyclic) bond motifs is 1. The van der Waals surface area contributed by atoms with Gasteiger partial charge in [0.05, 0.1) is 17.1 Å². The number of aryl methyl sites for hydroxylation is 2. The lowest BCUT2D eigenvalue weighted by Crippen LogP contribution is -2.23. The fraction of sp³-hybridized carbons (Fsp3) is 0.182. The predicted molar refractivity (Wildman–Crippen MR) is 119 cm³/mol. The molecule has 0 aliphatic heterocycles. The Bertz CT molecular complexity index is 1280. The molecule has 7 nitrogen and oxygen atoms in total. The topological polar surface area (TPSA) is 92.7 Å². The lowest BCUT2D eigenvalue weighted by molar-refractivity contribution is -0.115. The van der Waals surface area contributed by atoms with Gasteiger partial charge < -0.3 is 10.3 Å². The maximum atomic E-state index is 12.7. The highest BCUT2D eigenvalue weighted by Gasteiger charge is 2.19. The van der Waals surface area contributed by atoms with E-state index in [9.17, 15) is 9.59 Å². The average molecular weight is 420 g/mol. The number of benzene rings is 2. The van der Waals surface area contributed by atoms with Gasteiger partial charge in [-0.2, -0.15) is 5.10 Å². The molecule has 30 heavy (non-hydrogen) atoms. The average Bonchev–Trinajstić information content (AvgIpc) is 3.16. The van der Waals surface area contributed by atoms with Crippen LogP contribution < -0.4 is 10.9 Å². The Morgan fingerprint density at radius 3 is 2.70 bits per heavy atom. The van der Waals surface area contributed by atoms with Crippen LogP contribution in [0.15, 0.2) is 64.7 Å². The molecule has 4 rings (SSSR count).